The number of amides is 4. The maximum absolute atomic E-state index is 11.1. The summed E-state index contributed by atoms with van der Waals surface area (Å²) in [5, 5.41) is 9.15. The quantitative estimate of drug-likeness (QED) is 0.321. The third kappa shape index (κ3) is 3.95. The van der Waals surface area contributed by atoms with Crippen LogP contribution in [0.4, 0.5) is 0 Å². The average Bonchev–Trinajstić information content (AvgIpc) is 2.27. The summed E-state index contributed by atoms with van der Waals surface area (Å²) in [6, 6.07) is 0. The smallest absolute Gasteiger partial charge is 0.309 e. The van der Waals surface area contributed by atoms with Gasteiger partial charge in [0.1, 0.15) is 0 Å². The van der Waals surface area contributed by atoms with Crippen LogP contribution in [0.1, 0.15) is 0 Å². The van der Waals surface area contributed by atoms with Crippen LogP contribution in [0.25, 0.3) is 0 Å². The average molecular weight is 228 g/mol. The molecule has 0 radical (unpaired) electrons. The molecule has 1 rings (SSSR count). The SMILES string of the molecule is O=C1CNC(=O)C(=O)NCC(=O)NCCN1. The maximum atomic E-state index is 11.1. The first-order chi connectivity index (χ1) is 7.59. The fourth-order valence-electron chi connectivity index (χ4n) is 1.01. The van der Waals surface area contributed by atoms with Gasteiger partial charge in [0.25, 0.3) is 0 Å². The van der Waals surface area contributed by atoms with Gasteiger partial charge in [0.05, 0.1) is 13.1 Å². The molecule has 1 aliphatic rings. The number of nitrogens with one attached hydrogen (secondary N) is 4. The van der Waals surface area contributed by atoms with E-state index < -0.39 is 23.6 Å². The van der Waals surface area contributed by atoms with Gasteiger partial charge in [0.2, 0.25) is 11.8 Å². The topological polar surface area (TPSA) is 116 Å². The zero-order valence-corrected chi connectivity index (χ0v) is 8.46. The highest BCUT2D eigenvalue weighted by Gasteiger charge is 2.16. The van der Waals surface area contributed by atoms with E-state index in [1.165, 1.54) is 0 Å². The lowest BCUT2D eigenvalue weighted by Gasteiger charge is -2.10. The van der Waals surface area contributed by atoms with Crippen LogP contribution in [0.5, 0.6) is 0 Å². The molecule has 88 valence electrons. The van der Waals surface area contributed by atoms with Crippen molar-refractivity contribution in [3.8, 4) is 0 Å². The fraction of sp³-hybridized carbons (Fsp3) is 0.500. The van der Waals surface area contributed by atoms with Gasteiger partial charge in [0.15, 0.2) is 0 Å². The van der Waals surface area contributed by atoms with E-state index in [0.717, 1.165) is 0 Å². The zero-order chi connectivity index (χ0) is 12.0. The molecule has 0 spiro atoms. The zero-order valence-electron chi connectivity index (χ0n) is 8.46. The van der Waals surface area contributed by atoms with Gasteiger partial charge in [-0.25, -0.2) is 0 Å². The summed E-state index contributed by atoms with van der Waals surface area (Å²) < 4.78 is 0. The number of hydrogen-bond acceptors (Lipinski definition) is 4. The van der Waals surface area contributed by atoms with Gasteiger partial charge in [0, 0.05) is 13.1 Å². The molecule has 1 saturated heterocycles. The van der Waals surface area contributed by atoms with E-state index in [-0.39, 0.29) is 26.2 Å². The predicted octanol–water partition coefficient (Wildman–Crippen LogP) is -3.54. The van der Waals surface area contributed by atoms with Crippen molar-refractivity contribution in [1.82, 2.24) is 21.3 Å². The summed E-state index contributed by atoms with van der Waals surface area (Å²) in [4.78, 5) is 44.2. The summed E-state index contributed by atoms with van der Waals surface area (Å²) in [7, 11) is 0. The van der Waals surface area contributed by atoms with Crippen LogP contribution in [-0.4, -0.2) is 49.8 Å². The second kappa shape index (κ2) is 5.69. The molecule has 1 aliphatic heterocycles. The van der Waals surface area contributed by atoms with Crippen molar-refractivity contribution in [1.29, 1.82) is 0 Å². The van der Waals surface area contributed by atoms with Gasteiger partial charge >= 0.3 is 11.8 Å². The molecule has 1 fully saturated rings. The monoisotopic (exact) mass is 228 g/mol. The van der Waals surface area contributed by atoms with E-state index in [2.05, 4.69) is 21.3 Å². The minimum absolute atomic E-state index is 0.264. The van der Waals surface area contributed by atoms with Crippen molar-refractivity contribution >= 4 is 23.6 Å². The van der Waals surface area contributed by atoms with Crippen LogP contribution in [0.3, 0.4) is 0 Å². The van der Waals surface area contributed by atoms with Crippen LogP contribution in [0, 0.1) is 0 Å². The molecule has 0 aromatic rings. The highest BCUT2D eigenvalue weighted by atomic mass is 16.2. The molecular formula is C8H12N4O4. The Morgan fingerprint density at radius 3 is 1.38 bits per heavy atom. The largest absolute Gasteiger partial charge is 0.353 e. The van der Waals surface area contributed by atoms with Gasteiger partial charge in [-0.2, -0.15) is 0 Å². The van der Waals surface area contributed by atoms with E-state index in [1.807, 2.05) is 0 Å². The number of hydrogen-bond donors (Lipinski definition) is 4. The van der Waals surface area contributed by atoms with Crippen molar-refractivity contribution in [2.45, 2.75) is 0 Å². The summed E-state index contributed by atoms with van der Waals surface area (Å²) in [6.45, 7) is 0.0170. The van der Waals surface area contributed by atoms with Gasteiger partial charge in [-0.05, 0) is 0 Å². The summed E-state index contributed by atoms with van der Waals surface area (Å²) >= 11 is 0. The highest BCUT2D eigenvalue weighted by molar-refractivity contribution is 6.35. The molecule has 0 atom stereocenters. The molecule has 0 saturated carbocycles. The Morgan fingerprint density at radius 1 is 0.625 bits per heavy atom. The fourth-order valence-corrected chi connectivity index (χ4v) is 1.01. The predicted molar refractivity (Wildman–Crippen MR) is 52.0 cm³/mol. The second-order valence-electron chi connectivity index (χ2n) is 3.07. The Morgan fingerprint density at radius 2 is 1.00 bits per heavy atom. The molecule has 4 amide bonds. The molecular weight excluding hydrogens is 216 g/mol. The molecule has 0 aromatic carbocycles. The lowest BCUT2D eigenvalue weighted by molar-refractivity contribution is -0.140. The van der Waals surface area contributed by atoms with Gasteiger partial charge in [-0.15, -0.1) is 0 Å². The Labute approximate surface area is 91.1 Å². The molecule has 16 heavy (non-hydrogen) atoms. The first kappa shape index (κ1) is 12.0. The van der Waals surface area contributed by atoms with E-state index in [0.29, 0.717) is 0 Å². The number of carbonyl (C=O) groups is 4. The molecule has 0 aromatic heterocycles. The Hall–Kier alpha value is -2.12. The van der Waals surface area contributed by atoms with Gasteiger partial charge < -0.3 is 21.3 Å². The standard InChI is InChI=1S/C8H12N4O4/c13-5-3-11-7(15)8(16)12-4-6(14)10-2-1-9-5/h1-4H2,(H,9,13)(H,10,14)(H,11,15)(H,12,16). The van der Waals surface area contributed by atoms with E-state index in [4.69, 9.17) is 0 Å². The summed E-state index contributed by atoms with van der Waals surface area (Å²) in [5.41, 5.74) is 0. The van der Waals surface area contributed by atoms with Crippen LogP contribution < -0.4 is 21.3 Å². The van der Waals surface area contributed by atoms with E-state index in [9.17, 15) is 19.2 Å². The van der Waals surface area contributed by atoms with Gasteiger partial charge in [-0.1, -0.05) is 0 Å². The Balaban J connectivity index is 2.55. The molecule has 0 bridgehead atoms. The van der Waals surface area contributed by atoms with Crippen molar-refractivity contribution < 1.29 is 19.2 Å². The highest BCUT2D eigenvalue weighted by Crippen LogP contribution is 1.74. The Kier molecular flexibility index (Phi) is 4.25. The van der Waals surface area contributed by atoms with Crippen LogP contribution in [0.15, 0.2) is 0 Å². The minimum atomic E-state index is -0.941. The lowest BCUT2D eigenvalue weighted by atomic mass is 10.4. The normalized spacial score (nSPS) is 19.5. The number of rotatable bonds is 0. The molecule has 0 unspecified atom stereocenters. The first-order valence-electron chi connectivity index (χ1n) is 4.69. The second-order valence-corrected chi connectivity index (χ2v) is 3.07. The maximum Gasteiger partial charge on any atom is 0.309 e. The van der Waals surface area contributed by atoms with Crippen molar-refractivity contribution in [3.63, 3.8) is 0 Å². The molecule has 0 aliphatic carbocycles. The van der Waals surface area contributed by atoms with Crippen molar-refractivity contribution in [2.24, 2.45) is 0 Å². The van der Waals surface area contributed by atoms with Crippen LogP contribution >= 0.6 is 0 Å². The number of carbonyl (C=O) groups excluding carboxylic acids is 4. The third-order valence-corrected chi connectivity index (χ3v) is 1.79. The summed E-state index contributed by atoms with van der Waals surface area (Å²) in [6.07, 6.45) is 0. The molecule has 4 N–H and O–H groups in total. The van der Waals surface area contributed by atoms with E-state index in [1.54, 1.807) is 0 Å². The van der Waals surface area contributed by atoms with Crippen LogP contribution in [0.2, 0.25) is 0 Å². The molecule has 1 heterocycles. The van der Waals surface area contributed by atoms with Crippen LogP contribution in [-0.2, 0) is 19.2 Å². The van der Waals surface area contributed by atoms with Crippen molar-refractivity contribution in [2.75, 3.05) is 26.2 Å². The molecule has 8 heteroatoms. The van der Waals surface area contributed by atoms with Gasteiger partial charge in [-0.3, -0.25) is 19.2 Å². The minimum Gasteiger partial charge on any atom is -0.353 e. The first-order valence-corrected chi connectivity index (χ1v) is 4.69. The lowest BCUT2D eigenvalue weighted by Crippen LogP contribution is -2.49. The molecule has 8 nitrogen and oxygen atoms in total. The Bertz CT molecular complexity index is 296. The van der Waals surface area contributed by atoms with Crippen molar-refractivity contribution in [3.05, 3.63) is 0 Å². The van der Waals surface area contributed by atoms with E-state index >= 15 is 0 Å². The third-order valence-electron chi connectivity index (χ3n) is 1.79. The summed E-state index contributed by atoms with van der Waals surface area (Å²) in [5.74, 6) is -2.72.